The highest BCUT2D eigenvalue weighted by Gasteiger charge is 2.51. The van der Waals surface area contributed by atoms with Gasteiger partial charge in [0.15, 0.2) is 0 Å². The van der Waals surface area contributed by atoms with Gasteiger partial charge in [-0.2, -0.15) is 11.8 Å². The number of nitrogens with one attached hydrogen (secondary N) is 1. The third-order valence-corrected chi connectivity index (χ3v) is 6.24. The second kappa shape index (κ2) is 5.84. The predicted octanol–water partition coefficient (Wildman–Crippen LogP) is 1.92. The molecule has 2 N–H and O–H groups in total. The van der Waals surface area contributed by atoms with Crippen molar-refractivity contribution < 1.29 is 14.7 Å². The van der Waals surface area contributed by atoms with Crippen LogP contribution in [0.4, 0.5) is 4.79 Å². The number of aliphatic carboxylic acids is 1. The summed E-state index contributed by atoms with van der Waals surface area (Å²) in [7, 11) is 0. The van der Waals surface area contributed by atoms with E-state index in [-0.39, 0.29) is 24.0 Å². The molecule has 0 aliphatic carbocycles. The van der Waals surface area contributed by atoms with Gasteiger partial charge in [-0.1, -0.05) is 6.42 Å². The van der Waals surface area contributed by atoms with Gasteiger partial charge in [0.25, 0.3) is 0 Å². The van der Waals surface area contributed by atoms with Crippen molar-refractivity contribution in [2.24, 2.45) is 5.92 Å². The number of hydrogen-bond donors (Lipinski definition) is 2. The molecule has 2 amide bonds. The normalized spacial score (nSPS) is 36.1. The second-order valence-electron chi connectivity index (χ2n) is 6.06. The van der Waals surface area contributed by atoms with E-state index in [0.29, 0.717) is 11.7 Å². The fourth-order valence-corrected chi connectivity index (χ4v) is 5.07. The Kier molecular flexibility index (Phi) is 4.10. The molecule has 0 spiro atoms. The number of urea groups is 1. The van der Waals surface area contributed by atoms with E-state index in [1.807, 2.05) is 16.7 Å². The van der Waals surface area contributed by atoms with E-state index in [4.69, 9.17) is 0 Å². The lowest BCUT2D eigenvalue weighted by atomic mass is 9.89. The molecule has 3 rings (SSSR count). The van der Waals surface area contributed by atoms with Gasteiger partial charge in [-0.25, -0.2) is 4.79 Å². The van der Waals surface area contributed by atoms with Crippen molar-refractivity contribution in [1.29, 1.82) is 0 Å². The number of nitrogens with zero attached hydrogens (tertiary/aromatic N) is 1. The summed E-state index contributed by atoms with van der Waals surface area (Å²) in [5.74, 6) is 0.0812. The van der Waals surface area contributed by atoms with Gasteiger partial charge < -0.3 is 15.3 Å². The minimum atomic E-state index is -0.752. The maximum atomic E-state index is 12.3. The Hall–Kier alpha value is -0.910. The van der Waals surface area contributed by atoms with Gasteiger partial charge in [-0.3, -0.25) is 4.79 Å². The Bertz CT molecular complexity index is 398. The zero-order valence-electron chi connectivity index (χ0n) is 11.6. The minimum Gasteiger partial charge on any atom is -0.481 e. The number of fused-ring (bicyclic) bond motifs is 2. The predicted molar refractivity (Wildman–Crippen MR) is 77.9 cm³/mol. The Labute approximate surface area is 123 Å². The molecule has 112 valence electrons. The molecule has 0 aromatic carbocycles. The van der Waals surface area contributed by atoms with Crippen molar-refractivity contribution in [1.82, 2.24) is 10.2 Å². The Morgan fingerprint density at radius 1 is 1.25 bits per heavy atom. The largest absolute Gasteiger partial charge is 0.481 e. The third kappa shape index (κ3) is 2.62. The number of carbonyl (C=O) groups is 2. The highest BCUT2D eigenvalue weighted by atomic mass is 32.2. The zero-order chi connectivity index (χ0) is 14.1. The molecule has 0 aromatic heterocycles. The van der Waals surface area contributed by atoms with Gasteiger partial charge in [-0.15, -0.1) is 0 Å². The lowest BCUT2D eigenvalue weighted by molar-refractivity contribution is -0.142. The summed E-state index contributed by atoms with van der Waals surface area (Å²) in [5, 5.41) is 12.8. The van der Waals surface area contributed by atoms with Crippen molar-refractivity contribution in [3.63, 3.8) is 0 Å². The maximum absolute atomic E-state index is 12.3. The molecule has 3 aliphatic rings. The van der Waals surface area contributed by atoms with Crippen LogP contribution in [0.5, 0.6) is 0 Å². The minimum absolute atomic E-state index is 0.0487. The van der Waals surface area contributed by atoms with Crippen LogP contribution in [0.15, 0.2) is 0 Å². The number of amides is 2. The SMILES string of the molecule is O=C(O)C1CC2CCC1N2C(=O)NCC1CCCCS1. The van der Waals surface area contributed by atoms with Crippen molar-refractivity contribution in [2.75, 3.05) is 12.3 Å². The van der Waals surface area contributed by atoms with Crippen LogP contribution >= 0.6 is 11.8 Å². The summed E-state index contributed by atoms with van der Waals surface area (Å²) in [4.78, 5) is 25.3. The van der Waals surface area contributed by atoms with Crippen LogP contribution in [-0.2, 0) is 4.79 Å². The van der Waals surface area contributed by atoms with Gasteiger partial charge in [0.2, 0.25) is 0 Å². The molecule has 20 heavy (non-hydrogen) atoms. The van der Waals surface area contributed by atoms with Crippen LogP contribution in [0.3, 0.4) is 0 Å². The molecular formula is C14H22N2O3S. The van der Waals surface area contributed by atoms with Gasteiger partial charge in [0.1, 0.15) is 0 Å². The van der Waals surface area contributed by atoms with E-state index in [1.165, 1.54) is 25.0 Å². The summed E-state index contributed by atoms with van der Waals surface area (Å²) in [5.41, 5.74) is 0. The molecule has 3 heterocycles. The number of rotatable bonds is 3. The molecule has 3 aliphatic heterocycles. The summed E-state index contributed by atoms with van der Waals surface area (Å²) in [6.07, 6.45) is 6.14. The highest BCUT2D eigenvalue weighted by Crippen LogP contribution is 2.41. The molecule has 3 saturated heterocycles. The van der Waals surface area contributed by atoms with Crippen molar-refractivity contribution in [3.05, 3.63) is 0 Å². The molecule has 3 fully saturated rings. The van der Waals surface area contributed by atoms with Crippen molar-refractivity contribution >= 4 is 23.8 Å². The molecule has 4 atom stereocenters. The van der Waals surface area contributed by atoms with E-state index in [0.717, 1.165) is 19.4 Å². The van der Waals surface area contributed by atoms with E-state index in [2.05, 4.69) is 5.32 Å². The zero-order valence-corrected chi connectivity index (χ0v) is 12.4. The van der Waals surface area contributed by atoms with Crippen LogP contribution in [0, 0.1) is 5.92 Å². The number of carboxylic acids is 1. The molecular weight excluding hydrogens is 276 g/mol. The standard InChI is InChI=1S/C14H22N2O3S/c17-13(18)11-7-9-4-5-12(11)16(9)14(19)15-8-10-3-1-2-6-20-10/h9-12H,1-8H2,(H,15,19)(H,17,18). The smallest absolute Gasteiger partial charge is 0.317 e. The number of carboxylic acid groups (broad SMARTS) is 1. The van der Waals surface area contributed by atoms with Crippen LogP contribution in [0.2, 0.25) is 0 Å². The fourth-order valence-electron chi connectivity index (χ4n) is 3.83. The summed E-state index contributed by atoms with van der Waals surface area (Å²) < 4.78 is 0. The van der Waals surface area contributed by atoms with Gasteiger partial charge in [0, 0.05) is 23.9 Å². The number of carbonyl (C=O) groups excluding carboxylic acids is 1. The summed E-state index contributed by atoms with van der Waals surface area (Å²) in [6, 6.07) is 0.00374. The summed E-state index contributed by atoms with van der Waals surface area (Å²) in [6.45, 7) is 0.719. The lowest BCUT2D eigenvalue weighted by Gasteiger charge is -2.26. The molecule has 0 saturated carbocycles. The first-order valence-corrected chi connectivity index (χ1v) is 8.62. The average molecular weight is 298 g/mol. The molecule has 4 unspecified atom stereocenters. The van der Waals surface area contributed by atoms with Crippen molar-refractivity contribution in [3.8, 4) is 0 Å². The molecule has 0 aromatic rings. The quantitative estimate of drug-likeness (QED) is 0.835. The highest BCUT2D eigenvalue weighted by molar-refractivity contribution is 7.99. The first kappa shape index (κ1) is 14.0. The van der Waals surface area contributed by atoms with E-state index >= 15 is 0 Å². The van der Waals surface area contributed by atoms with Crippen molar-refractivity contribution in [2.45, 2.75) is 55.9 Å². The number of thioether (sulfide) groups is 1. The van der Waals surface area contributed by atoms with Gasteiger partial charge >= 0.3 is 12.0 Å². The van der Waals surface area contributed by atoms with Crippen LogP contribution in [-0.4, -0.2) is 51.6 Å². The third-order valence-electron chi connectivity index (χ3n) is 4.84. The monoisotopic (exact) mass is 298 g/mol. The van der Waals surface area contributed by atoms with Gasteiger partial charge in [0.05, 0.1) is 5.92 Å². The van der Waals surface area contributed by atoms with Crippen LogP contribution < -0.4 is 5.32 Å². The maximum Gasteiger partial charge on any atom is 0.317 e. The topological polar surface area (TPSA) is 69.6 Å². The molecule has 0 radical (unpaired) electrons. The van der Waals surface area contributed by atoms with E-state index in [1.54, 1.807) is 0 Å². The summed E-state index contributed by atoms with van der Waals surface area (Å²) >= 11 is 1.94. The van der Waals surface area contributed by atoms with E-state index in [9.17, 15) is 14.7 Å². The molecule has 6 heteroatoms. The lowest BCUT2D eigenvalue weighted by Crippen LogP contribution is -2.46. The first-order chi connectivity index (χ1) is 9.66. The number of hydrogen-bond acceptors (Lipinski definition) is 3. The fraction of sp³-hybridized carbons (Fsp3) is 0.857. The van der Waals surface area contributed by atoms with E-state index < -0.39 is 5.97 Å². The second-order valence-corrected chi connectivity index (χ2v) is 7.47. The molecule has 2 bridgehead atoms. The average Bonchev–Trinajstić information content (AvgIpc) is 3.03. The Morgan fingerprint density at radius 2 is 2.10 bits per heavy atom. The van der Waals surface area contributed by atoms with Gasteiger partial charge in [-0.05, 0) is 37.9 Å². The molecule has 5 nitrogen and oxygen atoms in total. The Morgan fingerprint density at radius 3 is 2.75 bits per heavy atom. The van der Waals surface area contributed by atoms with Crippen LogP contribution in [0.25, 0.3) is 0 Å². The van der Waals surface area contributed by atoms with Crippen LogP contribution in [0.1, 0.15) is 38.5 Å². The first-order valence-electron chi connectivity index (χ1n) is 7.57. The Balaban J connectivity index is 1.54.